The van der Waals surface area contributed by atoms with Gasteiger partial charge in [-0.05, 0) is 98.6 Å². The van der Waals surface area contributed by atoms with Crippen LogP contribution in [0.25, 0.3) is 5.69 Å². The van der Waals surface area contributed by atoms with Crippen molar-refractivity contribution in [3.05, 3.63) is 131 Å². The van der Waals surface area contributed by atoms with Gasteiger partial charge in [-0.1, -0.05) is 29.8 Å². The van der Waals surface area contributed by atoms with Crippen LogP contribution in [0.5, 0.6) is 17.2 Å². The van der Waals surface area contributed by atoms with Crippen molar-refractivity contribution in [2.45, 2.75) is 34.0 Å². The van der Waals surface area contributed by atoms with Crippen molar-refractivity contribution in [1.82, 2.24) is 9.99 Å². The van der Waals surface area contributed by atoms with Crippen molar-refractivity contribution in [3.63, 3.8) is 0 Å². The third-order valence-corrected chi connectivity index (χ3v) is 6.71. The Labute approximate surface area is 245 Å². The highest BCUT2D eigenvalue weighted by molar-refractivity contribution is 5.92. The van der Waals surface area contributed by atoms with E-state index in [1.807, 2.05) is 67.6 Å². The molecular weight excluding hydrogens is 530 g/mol. The number of rotatable bonds is 11. The quantitative estimate of drug-likeness (QED) is 0.139. The fraction of sp³-hybridized carbons (Fsp3) is 0.176. The van der Waals surface area contributed by atoms with Gasteiger partial charge in [-0.2, -0.15) is 5.10 Å². The van der Waals surface area contributed by atoms with E-state index in [-0.39, 0.29) is 12.4 Å². The average Bonchev–Trinajstić information content (AvgIpc) is 3.62. The van der Waals surface area contributed by atoms with Crippen LogP contribution in [0, 0.1) is 20.8 Å². The topological polar surface area (TPSA) is 87.2 Å². The summed E-state index contributed by atoms with van der Waals surface area (Å²) in [5.41, 5.74) is 8.90. The number of methoxy groups -OCH3 is 1. The van der Waals surface area contributed by atoms with Crippen molar-refractivity contribution in [3.8, 4) is 22.9 Å². The van der Waals surface area contributed by atoms with Gasteiger partial charge >= 0.3 is 5.91 Å². The van der Waals surface area contributed by atoms with Crippen LogP contribution in [0.4, 0.5) is 0 Å². The molecule has 0 unspecified atom stereocenters. The molecule has 2 heterocycles. The monoisotopic (exact) mass is 563 g/mol. The molecule has 0 atom stereocenters. The van der Waals surface area contributed by atoms with Crippen LogP contribution in [0.2, 0.25) is 0 Å². The lowest BCUT2D eigenvalue weighted by molar-refractivity contribution is 0.0923. The van der Waals surface area contributed by atoms with E-state index in [0.29, 0.717) is 29.6 Å². The van der Waals surface area contributed by atoms with Gasteiger partial charge < -0.3 is 23.2 Å². The number of aryl methyl sites for hydroxylation is 3. The largest absolute Gasteiger partial charge is 0.493 e. The molecule has 214 valence electrons. The van der Waals surface area contributed by atoms with Crippen molar-refractivity contribution >= 4 is 12.1 Å². The Balaban J connectivity index is 1.12. The van der Waals surface area contributed by atoms with Crippen molar-refractivity contribution in [2.24, 2.45) is 5.10 Å². The van der Waals surface area contributed by atoms with Gasteiger partial charge in [-0.25, -0.2) is 5.43 Å². The summed E-state index contributed by atoms with van der Waals surface area (Å²) >= 11 is 0. The summed E-state index contributed by atoms with van der Waals surface area (Å²) in [6.45, 7) is 6.82. The van der Waals surface area contributed by atoms with Gasteiger partial charge in [0, 0.05) is 17.1 Å². The molecule has 2 aromatic heterocycles. The normalized spacial score (nSPS) is 11.0. The van der Waals surface area contributed by atoms with Gasteiger partial charge in [-0.15, -0.1) is 0 Å². The highest BCUT2D eigenvalue weighted by atomic mass is 16.5. The molecule has 0 saturated carbocycles. The predicted molar refractivity (Wildman–Crippen MR) is 162 cm³/mol. The molecule has 0 spiro atoms. The molecule has 1 N–H and O–H groups in total. The van der Waals surface area contributed by atoms with Crippen LogP contribution < -0.4 is 19.6 Å². The number of hydrazone groups is 1. The first-order chi connectivity index (χ1) is 20.4. The molecule has 0 saturated heterocycles. The molecule has 0 bridgehead atoms. The SMILES string of the molecule is COc1cc(C=NNC(=O)c2ccc(COc3ccc(-n4c(C)ccc4C)cc3)o2)ccc1OCc1ccc(C)cc1. The Kier molecular flexibility index (Phi) is 8.72. The van der Waals surface area contributed by atoms with Gasteiger partial charge in [0.25, 0.3) is 0 Å². The number of ether oxygens (including phenoxy) is 3. The standard InChI is InChI=1S/C34H33N3O5/c1-23-5-9-26(10-6-23)21-41-31-17-11-27(19-33(31)39-4)20-35-36-34(38)32-18-16-30(42-32)22-40-29-14-12-28(13-15-29)37-24(2)7-8-25(37)3/h5-20H,21-22H2,1-4H3,(H,36,38). The number of hydrogen-bond acceptors (Lipinski definition) is 6. The number of furan rings is 1. The van der Waals surface area contributed by atoms with Crippen molar-refractivity contribution < 1.29 is 23.4 Å². The smallest absolute Gasteiger partial charge is 0.307 e. The van der Waals surface area contributed by atoms with Gasteiger partial charge in [-0.3, -0.25) is 4.79 Å². The van der Waals surface area contributed by atoms with Crippen LogP contribution in [-0.4, -0.2) is 23.8 Å². The summed E-state index contributed by atoms with van der Waals surface area (Å²) in [5.74, 6) is 2.08. The van der Waals surface area contributed by atoms with Crippen LogP contribution in [0.1, 0.15) is 44.4 Å². The zero-order valence-corrected chi connectivity index (χ0v) is 24.1. The lowest BCUT2D eigenvalue weighted by atomic mass is 10.2. The van der Waals surface area contributed by atoms with Crippen LogP contribution in [0.15, 0.2) is 101 Å². The fourth-order valence-electron chi connectivity index (χ4n) is 4.45. The molecule has 0 aliphatic heterocycles. The lowest BCUT2D eigenvalue weighted by Crippen LogP contribution is -2.16. The van der Waals surface area contributed by atoms with Crippen molar-refractivity contribution in [2.75, 3.05) is 7.11 Å². The first-order valence-electron chi connectivity index (χ1n) is 13.6. The van der Waals surface area contributed by atoms with E-state index in [4.69, 9.17) is 18.6 Å². The fourth-order valence-corrected chi connectivity index (χ4v) is 4.45. The lowest BCUT2D eigenvalue weighted by Gasteiger charge is -2.11. The van der Waals surface area contributed by atoms with Crippen molar-refractivity contribution in [1.29, 1.82) is 0 Å². The second-order valence-corrected chi connectivity index (χ2v) is 9.88. The highest BCUT2D eigenvalue weighted by Crippen LogP contribution is 2.28. The first kappa shape index (κ1) is 28.3. The summed E-state index contributed by atoms with van der Waals surface area (Å²) in [7, 11) is 1.58. The molecular formula is C34H33N3O5. The zero-order valence-electron chi connectivity index (χ0n) is 24.1. The molecule has 0 fully saturated rings. The third-order valence-electron chi connectivity index (χ3n) is 6.71. The molecule has 1 amide bonds. The second-order valence-electron chi connectivity index (χ2n) is 9.88. The molecule has 5 aromatic rings. The second kappa shape index (κ2) is 13.0. The van der Waals surface area contributed by atoms with E-state index >= 15 is 0 Å². The molecule has 3 aromatic carbocycles. The van der Waals surface area contributed by atoms with Crippen LogP contribution >= 0.6 is 0 Å². The molecule has 0 aliphatic rings. The zero-order chi connectivity index (χ0) is 29.5. The van der Waals surface area contributed by atoms with Gasteiger partial charge in [0.15, 0.2) is 17.3 Å². The Morgan fingerprint density at radius 3 is 2.29 bits per heavy atom. The number of nitrogens with zero attached hydrogens (tertiary/aromatic N) is 2. The molecule has 8 heteroatoms. The number of hydrogen-bond donors (Lipinski definition) is 1. The Morgan fingerprint density at radius 2 is 1.57 bits per heavy atom. The van der Waals surface area contributed by atoms with E-state index in [1.54, 1.807) is 25.3 Å². The molecule has 42 heavy (non-hydrogen) atoms. The summed E-state index contributed by atoms with van der Waals surface area (Å²) in [5, 5.41) is 4.06. The summed E-state index contributed by atoms with van der Waals surface area (Å²) in [6.07, 6.45) is 1.53. The minimum Gasteiger partial charge on any atom is -0.493 e. The van der Waals surface area contributed by atoms with E-state index in [2.05, 4.69) is 41.1 Å². The number of carbonyl (C=O) groups is 1. The van der Waals surface area contributed by atoms with Gasteiger partial charge in [0.1, 0.15) is 24.7 Å². The van der Waals surface area contributed by atoms with Gasteiger partial charge in [0.05, 0.1) is 13.3 Å². The Bertz CT molecular complexity index is 1660. The molecule has 0 aliphatic carbocycles. The minimum absolute atomic E-state index is 0.136. The summed E-state index contributed by atoms with van der Waals surface area (Å²) < 4.78 is 25.1. The average molecular weight is 564 g/mol. The number of nitrogens with one attached hydrogen (secondary N) is 1. The maximum absolute atomic E-state index is 12.5. The maximum Gasteiger partial charge on any atom is 0.307 e. The van der Waals surface area contributed by atoms with E-state index in [9.17, 15) is 4.79 Å². The number of benzene rings is 3. The third kappa shape index (κ3) is 6.90. The van der Waals surface area contributed by atoms with E-state index < -0.39 is 5.91 Å². The minimum atomic E-state index is -0.468. The highest BCUT2D eigenvalue weighted by Gasteiger charge is 2.12. The van der Waals surface area contributed by atoms with Crippen LogP contribution in [0.3, 0.4) is 0 Å². The number of carbonyl (C=O) groups excluding carboxylic acids is 1. The Hall–Kier alpha value is -5.24. The van der Waals surface area contributed by atoms with Crippen LogP contribution in [-0.2, 0) is 13.2 Å². The van der Waals surface area contributed by atoms with E-state index in [1.165, 1.54) is 23.2 Å². The summed E-state index contributed by atoms with van der Waals surface area (Å²) in [6, 6.07) is 28.9. The number of aromatic nitrogens is 1. The molecule has 8 nitrogen and oxygen atoms in total. The summed E-state index contributed by atoms with van der Waals surface area (Å²) in [4.78, 5) is 12.5. The predicted octanol–water partition coefficient (Wildman–Crippen LogP) is 6.93. The van der Waals surface area contributed by atoms with Gasteiger partial charge in [0.2, 0.25) is 0 Å². The molecule has 5 rings (SSSR count). The Morgan fingerprint density at radius 1 is 0.833 bits per heavy atom. The first-order valence-corrected chi connectivity index (χ1v) is 13.6. The maximum atomic E-state index is 12.5. The molecule has 0 radical (unpaired) electrons. The number of amides is 1. The van der Waals surface area contributed by atoms with E-state index in [0.717, 1.165) is 16.8 Å².